The van der Waals surface area contributed by atoms with E-state index >= 15 is 0 Å². The third kappa shape index (κ3) is 2.83. The summed E-state index contributed by atoms with van der Waals surface area (Å²) in [6.07, 6.45) is 0. The predicted octanol–water partition coefficient (Wildman–Crippen LogP) is 3.17. The van der Waals surface area contributed by atoms with Gasteiger partial charge in [-0.05, 0) is 18.2 Å². The summed E-state index contributed by atoms with van der Waals surface area (Å²) < 4.78 is 20.8. The molecule has 0 unspecified atom stereocenters. The van der Waals surface area contributed by atoms with Crippen molar-refractivity contribution in [2.75, 3.05) is 28.4 Å². The summed E-state index contributed by atoms with van der Waals surface area (Å²) in [7, 11) is 5.98. The summed E-state index contributed by atoms with van der Waals surface area (Å²) in [4.78, 5) is 12.1. The van der Waals surface area contributed by atoms with Gasteiger partial charge in [0, 0.05) is 11.1 Å². The van der Waals surface area contributed by atoms with E-state index in [0.717, 1.165) is 5.56 Å². The average molecular weight is 302 g/mol. The van der Waals surface area contributed by atoms with Crippen molar-refractivity contribution in [3.63, 3.8) is 0 Å². The number of hydrogen-bond acceptors (Lipinski definition) is 5. The lowest BCUT2D eigenvalue weighted by Crippen LogP contribution is -2.05. The van der Waals surface area contributed by atoms with Crippen molar-refractivity contribution in [1.29, 1.82) is 0 Å². The summed E-state index contributed by atoms with van der Waals surface area (Å²) in [5, 5.41) is 0. The molecule has 22 heavy (non-hydrogen) atoms. The minimum absolute atomic E-state index is 0.379. The third-order valence-electron chi connectivity index (χ3n) is 3.33. The first-order valence-electron chi connectivity index (χ1n) is 6.64. The second-order valence-corrected chi connectivity index (χ2v) is 4.44. The van der Waals surface area contributed by atoms with Gasteiger partial charge in [-0.25, -0.2) is 4.79 Å². The summed E-state index contributed by atoms with van der Waals surface area (Å²) in [6, 6.07) is 10.8. The van der Waals surface area contributed by atoms with Crippen LogP contribution in [0.2, 0.25) is 0 Å². The second kappa shape index (κ2) is 6.85. The quantitative estimate of drug-likeness (QED) is 0.794. The van der Waals surface area contributed by atoms with E-state index in [-0.39, 0.29) is 0 Å². The number of carbonyl (C=O) groups excluding carboxylic acids is 1. The largest absolute Gasteiger partial charge is 0.496 e. The smallest absolute Gasteiger partial charge is 0.338 e. The van der Waals surface area contributed by atoms with Crippen molar-refractivity contribution >= 4 is 5.97 Å². The van der Waals surface area contributed by atoms with Crippen LogP contribution in [-0.4, -0.2) is 34.4 Å². The van der Waals surface area contributed by atoms with Gasteiger partial charge >= 0.3 is 5.97 Å². The molecule has 5 nitrogen and oxygen atoms in total. The van der Waals surface area contributed by atoms with E-state index in [1.54, 1.807) is 26.4 Å². The fourth-order valence-corrected chi connectivity index (χ4v) is 2.25. The number of esters is 1. The molecule has 0 radical (unpaired) electrons. The van der Waals surface area contributed by atoms with Gasteiger partial charge in [-0.1, -0.05) is 18.2 Å². The van der Waals surface area contributed by atoms with Gasteiger partial charge in [0.05, 0.1) is 34.0 Å². The van der Waals surface area contributed by atoms with E-state index in [2.05, 4.69) is 0 Å². The van der Waals surface area contributed by atoms with Crippen LogP contribution >= 0.6 is 0 Å². The molecule has 2 aromatic rings. The maximum atomic E-state index is 12.1. The molecule has 0 aliphatic heterocycles. The molecule has 2 aromatic carbocycles. The molecule has 0 saturated heterocycles. The summed E-state index contributed by atoms with van der Waals surface area (Å²) in [5.41, 5.74) is 1.80. The second-order valence-electron chi connectivity index (χ2n) is 4.44. The molecule has 0 saturated carbocycles. The lowest BCUT2D eigenvalue weighted by Gasteiger charge is -2.15. The Hall–Kier alpha value is -2.69. The third-order valence-corrected chi connectivity index (χ3v) is 3.33. The monoisotopic (exact) mass is 302 g/mol. The molecular formula is C17H18O5. The first-order valence-corrected chi connectivity index (χ1v) is 6.64. The van der Waals surface area contributed by atoms with Crippen LogP contribution in [-0.2, 0) is 4.74 Å². The molecule has 0 N–H and O–H groups in total. The van der Waals surface area contributed by atoms with Crippen LogP contribution in [0, 0.1) is 0 Å². The molecule has 0 spiro atoms. The molecule has 2 rings (SSSR count). The van der Waals surface area contributed by atoms with Gasteiger partial charge in [0.1, 0.15) is 5.75 Å². The van der Waals surface area contributed by atoms with Crippen LogP contribution in [0.25, 0.3) is 11.1 Å². The molecule has 116 valence electrons. The van der Waals surface area contributed by atoms with E-state index in [0.29, 0.717) is 28.4 Å². The van der Waals surface area contributed by atoms with Crippen LogP contribution in [0.5, 0.6) is 17.2 Å². The highest BCUT2D eigenvalue weighted by molar-refractivity contribution is 5.99. The Balaban J connectivity index is 2.74. The van der Waals surface area contributed by atoms with Gasteiger partial charge in [0.2, 0.25) is 0 Å². The Kier molecular flexibility index (Phi) is 4.88. The van der Waals surface area contributed by atoms with Crippen LogP contribution in [0.1, 0.15) is 10.4 Å². The van der Waals surface area contributed by atoms with E-state index in [9.17, 15) is 4.79 Å². The number of hydrogen-bond donors (Lipinski definition) is 0. The molecule has 0 aromatic heterocycles. The highest BCUT2D eigenvalue weighted by atomic mass is 16.5. The molecular weight excluding hydrogens is 284 g/mol. The number of ether oxygens (including phenoxy) is 4. The van der Waals surface area contributed by atoms with Crippen molar-refractivity contribution < 1.29 is 23.7 Å². The highest BCUT2D eigenvalue weighted by Crippen LogP contribution is 2.39. The lowest BCUT2D eigenvalue weighted by molar-refractivity contribution is 0.0601. The number of carbonyl (C=O) groups is 1. The van der Waals surface area contributed by atoms with Crippen molar-refractivity contribution in [1.82, 2.24) is 0 Å². The number of para-hydroxylation sites is 1. The van der Waals surface area contributed by atoms with Gasteiger partial charge in [0.25, 0.3) is 0 Å². The Morgan fingerprint density at radius 3 is 1.95 bits per heavy atom. The first kappa shape index (κ1) is 15.7. The van der Waals surface area contributed by atoms with E-state index < -0.39 is 5.97 Å². The molecule has 0 fully saturated rings. The molecule has 0 aliphatic rings. The van der Waals surface area contributed by atoms with Crippen LogP contribution in [0.15, 0.2) is 36.4 Å². The lowest BCUT2D eigenvalue weighted by atomic mass is 9.98. The molecule has 0 heterocycles. The van der Waals surface area contributed by atoms with E-state index in [1.165, 1.54) is 14.2 Å². The van der Waals surface area contributed by atoms with Gasteiger partial charge in [0.15, 0.2) is 11.5 Å². The van der Waals surface area contributed by atoms with Crippen molar-refractivity contribution in [2.24, 2.45) is 0 Å². The molecule has 5 heteroatoms. The molecule has 0 aliphatic carbocycles. The highest BCUT2D eigenvalue weighted by Gasteiger charge is 2.20. The Labute approximate surface area is 129 Å². The molecule has 0 atom stereocenters. The number of rotatable bonds is 5. The topological polar surface area (TPSA) is 54.0 Å². The summed E-state index contributed by atoms with van der Waals surface area (Å²) in [5.74, 6) is 1.18. The van der Waals surface area contributed by atoms with Gasteiger partial charge in [-0.3, -0.25) is 0 Å². The first-order chi connectivity index (χ1) is 10.7. The van der Waals surface area contributed by atoms with Gasteiger partial charge in [-0.2, -0.15) is 0 Å². The number of methoxy groups -OCH3 is 4. The van der Waals surface area contributed by atoms with E-state index in [1.807, 2.05) is 24.3 Å². The minimum Gasteiger partial charge on any atom is -0.496 e. The SMILES string of the molecule is COC(=O)c1cc(OC)c(OC)cc1-c1ccccc1OC. The average Bonchev–Trinajstić information content (AvgIpc) is 2.59. The summed E-state index contributed by atoms with van der Waals surface area (Å²) >= 11 is 0. The predicted molar refractivity (Wildman–Crippen MR) is 82.9 cm³/mol. The van der Waals surface area contributed by atoms with Crippen molar-refractivity contribution in [3.05, 3.63) is 42.0 Å². The Morgan fingerprint density at radius 2 is 1.36 bits per heavy atom. The normalized spacial score (nSPS) is 10.0. The summed E-state index contributed by atoms with van der Waals surface area (Å²) in [6.45, 7) is 0. The standard InChI is InChI=1S/C17H18O5/c1-19-14-8-6-5-7-11(14)12-9-15(20-2)16(21-3)10-13(12)17(18)22-4/h5-10H,1-4H3. The van der Waals surface area contributed by atoms with Crippen LogP contribution < -0.4 is 14.2 Å². The van der Waals surface area contributed by atoms with E-state index in [4.69, 9.17) is 18.9 Å². The Morgan fingerprint density at radius 1 is 0.773 bits per heavy atom. The number of benzene rings is 2. The maximum Gasteiger partial charge on any atom is 0.338 e. The maximum absolute atomic E-state index is 12.1. The van der Waals surface area contributed by atoms with Crippen molar-refractivity contribution in [2.45, 2.75) is 0 Å². The fourth-order valence-electron chi connectivity index (χ4n) is 2.25. The van der Waals surface area contributed by atoms with Gasteiger partial charge < -0.3 is 18.9 Å². The van der Waals surface area contributed by atoms with Crippen LogP contribution in [0.3, 0.4) is 0 Å². The molecule has 0 amide bonds. The zero-order chi connectivity index (χ0) is 16.1. The van der Waals surface area contributed by atoms with Crippen LogP contribution in [0.4, 0.5) is 0 Å². The van der Waals surface area contributed by atoms with Gasteiger partial charge in [-0.15, -0.1) is 0 Å². The van der Waals surface area contributed by atoms with Crippen molar-refractivity contribution in [3.8, 4) is 28.4 Å². The zero-order valence-electron chi connectivity index (χ0n) is 13.0. The Bertz CT molecular complexity index is 679. The minimum atomic E-state index is -0.457. The fraction of sp³-hybridized carbons (Fsp3) is 0.235. The zero-order valence-corrected chi connectivity index (χ0v) is 13.0. The molecule has 0 bridgehead atoms.